The van der Waals surface area contributed by atoms with Gasteiger partial charge in [0.2, 0.25) is 5.91 Å². The van der Waals surface area contributed by atoms with E-state index in [1.165, 1.54) is 31.9 Å². The minimum absolute atomic E-state index is 0.101. The molecule has 1 rings (SSSR count). The predicted octanol–water partition coefficient (Wildman–Crippen LogP) is 4.70. The van der Waals surface area contributed by atoms with Crippen LogP contribution in [0.2, 0.25) is 10.0 Å². The predicted molar refractivity (Wildman–Crippen MR) is 108 cm³/mol. The SMILES string of the molecule is CCCCCCCCCC(=O)NCC(=O)N/N=C/c1cccc(Cl)c1Cl. The molecular formula is C19H27Cl2N3O2. The van der Waals surface area contributed by atoms with E-state index in [2.05, 4.69) is 22.8 Å². The highest BCUT2D eigenvalue weighted by molar-refractivity contribution is 6.43. The van der Waals surface area contributed by atoms with Gasteiger partial charge in [-0.05, 0) is 12.5 Å². The second kappa shape index (κ2) is 13.6. The fourth-order valence-electron chi connectivity index (χ4n) is 2.34. The van der Waals surface area contributed by atoms with Crippen molar-refractivity contribution in [1.29, 1.82) is 0 Å². The van der Waals surface area contributed by atoms with Crippen LogP contribution in [0.1, 0.15) is 63.9 Å². The van der Waals surface area contributed by atoms with Gasteiger partial charge in [-0.1, -0.05) is 80.8 Å². The van der Waals surface area contributed by atoms with E-state index in [4.69, 9.17) is 23.2 Å². The molecule has 1 aromatic carbocycles. The Morgan fingerprint density at radius 1 is 1.04 bits per heavy atom. The Bertz CT molecular complexity index is 606. The molecule has 5 nitrogen and oxygen atoms in total. The molecule has 0 heterocycles. The lowest BCUT2D eigenvalue weighted by Crippen LogP contribution is -2.34. The number of rotatable bonds is 12. The summed E-state index contributed by atoms with van der Waals surface area (Å²) in [4.78, 5) is 23.4. The molecule has 2 N–H and O–H groups in total. The molecule has 2 amide bonds. The second-order valence-corrected chi connectivity index (χ2v) is 6.87. The van der Waals surface area contributed by atoms with Crippen LogP contribution in [-0.2, 0) is 9.59 Å². The summed E-state index contributed by atoms with van der Waals surface area (Å²) in [6, 6.07) is 5.13. The highest BCUT2D eigenvalue weighted by atomic mass is 35.5. The van der Waals surface area contributed by atoms with Gasteiger partial charge in [-0.2, -0.15) is 5.10 Å². The lowest BCUT2D eigenvalue weighted by Gasteiger charge is -2.05. The van der Waals surface area contributed by atoms with E-state index in [0.29, 0.717) is 22.0 Å². The summed E-state index contributed by atoms with van der Waals surface area (Å²) in [5, 5.41) is 7.19. The maximum absolute atomic E-state index is 11.7. The fourth-order valence-corrected chi connectivity index (χ4v) is 2.70. The van der Waals surface area contributed by atoms with Crippen LogP contribution in [0.4, 0.5) is 0 Å². The number of nitrogens with zero attached hydrogens (tertiary/aromatic N) is 1. The molecule has 1 aromatic rings. The first-order valence-electron chi connectivity index (χ1n) is 9.07. The maximum Gasteiger partial charge on any atom is 0.259 e. The Kier molecular flexibility index (Phi) is 11.7. The summed E-state index contributed by atoms with van der Waals surface area (Å²) in [6.45, 7) is 2.09. The summed E-state index contributed by atoms with van der Waals surface area (Å²) >= 11 is 11.9. The topological polar surface area (TPSA) is 70.6 Å². The molecule has 0 fully saturated rings. The van der Waals surface area contributed by atoms with Crippen LogP contribution in [0.25, 0.3) is 0 Å². The number of amides is 2. The number of carbonyl (C=O) groups excluding carboxylic acids is 2. The normalized spacial score (nSPS) is 10.9. The van der Waals surface area contributed by atoms with Crippen LogP contribution >= 0.6 is 23.2 Å². The molecule has 0 saturated heterocycles. The number of benzene rings is 1. The van der Waals surface area contributed by atoms with E-state index in [-0.39, 0.29) is 12.5 Å². The molecule has 0 radical (unpaired) electrons. The van der Waals surface area contributed by atoms with Crippen molar-refractivity contribution in [2.24, 2.45) is 5.10 Å². The van der Waals surface area contributed by atoms with E-state index in [9.17, 15) is 9.59 Å². The minimum atomic E-state index is -0.396. The minimum Gasteiger partial charge on any atom is -0.347 e. The van der Waals surface area contributed by atoms with Gasteiger partial charge in [-0.25, -0.2) is 5.43 Å². The zero-order valence-corrected chi connectivity index (χ0v) is 16.7. The highest BCUT2D eigenvalue weighted by Gasteiger charge is 2.05. The third-order valence-electron chi connectivity index (χ3n) is 3.83. The Morgan fingerprint density at radius 3 is 2.46 bits per heavy atom. The number of hydrogen-bond acceptors (Lipinski definition) is 3. The smallest absolute Gasteiger partial charge is 0.259 e. The van der Waals surface area contributed by atoms with Crippen LogP contribution in [-0.4, -0.2) is 24.6 Å². The quantitative estimate of drug-likeness (QED) is 0.303. The molecule has 0 spiro atoms. The summed E-state index contributed by atoms with van der Waals surface area (Å²) in [6.07, 6.45) is 9.93. The van der Waals surface area contributed by atoms with Gasteiger partial charge in [-0.3, -0.25) is 9.59 Å². The molecule has 0 atom stereocenters. The summed E-state index contributed by atoms with van der Waals surface area (Å²) in [5.41, 5.74) is 2.94. The number of halogens is 2. The lowest BCUT2D eigenvalue weighted by molar-refractivity contribution is -0.126. The summed E-state index contributed by atoms with van der Waals surface area (Å²) < 4.78 is 0. The molecule has 0 aromatic heterocycles. The Labute approximate surface area is 165 Å². The van der Waals surface area contributed by atoms with Crippen molar-refractivity contribution in [3.8, 4) is 0 Å². The van der Waals surface area contributed by atoms with Gasteiger partial charge in [0, 0.05) is 12.0 Å². The molecule has 144 valence electrons. The standard InChI is InChI=1S/C19H27Cl2N3O2/c1-2-3-4-5-6-7-8-12-17(25)22-14-18(26)24-23-13-15-10-9-11-16(20)19(15)21/h9-11,13H,2-8,12,14H2,1H3,(H,22,25)(H,24,26)/b23-13+. The zero-order valence-electron chi connectivity index (χ0n) is 15.2. The van der Waals surface area contributed by atoms with Gasteiger partial charge in [-0.15, -0.1) is 0 Å². The van der Waals surface area contributed by atoms with Gasteiger partial charge >= 0.3 is 0 Å². The molecule has 0 aliphatic rings. The van der Waals surface area contributed by atoms with Crippen molar-refractivity contribution in [2.75, 3.05) is 6.54 Å². The fraction of sp³-hybridized carbons (Fsp3) is 0.526. The van der Waals surface area contributed by atoms with E-state index in [1.54, 1.807) is 18.2 Å². The van der Waals surface area contributed by atoms with Crippen LogP contribution in [0.5, 0.6) is 0 Å². The zero-order chi connectivity index (χ0) is 19.2. The molecular weight excluding hydrogens is 373 g/mol. The molecule has 0 unspecified atom stereocenters. The average molecular weight is 400 g/mol. The van der Waals surface area contributed by atoms with Crippen molar-refractivity contribution in [1.82, 2.24) is 10.7 Å². The molecule has 7 heteroatoms. The highest BCUT2D eigenvalue weighted by Crippen LogP contribution is 2.24. The van der Waals surface area contributed by atoms with E-state index in [0.717, 1.165) is 19.3 Å². The number of carbonyl (C=O) groups is 2. The Balaban J connectivity index is 2.14. The monoisotopic (exact) mass is 399 g/mol. The number of nitrogens with one attached hydrogen (secondary N) is 2. The number of hydrogen-bond donors (Lipinski definition) is 2. The molecule has 0 aliphatic carbocycles. The maximum atomic E-state index is 11.7. The van der Waals surface area contributed by atoms with E-state index < -0.39 is 5.91 Å². The van der Waals surface area contributed by atoms with Crippen molar-refractivity contribution < 1.29 is 9.59 Å². The van der Waals surface area contributed by atoms with Crippen molar-refractivity contribution >= 4 is 41.2 Å². The van der Waals surface area contributed by atoms with E-state index in [1.807, 2.05) is 0 Å². The summed E-state index contributed by atoms with van der Waals surface area (Å²) in [5.74, 6) is -0.511. The van der Waals surface area contributed by atoms with E-state index >= 15 is 0 Å². The molecule has 0 aliphatic heterocycles. The van der Waals surface area contributed by atoms with Crippen molar-refractivity contribution in [3.05, 3.63) is 33.8 Å². The summed E-state index contributed by atoms with van der Waals surface area (Å²) in [7, 11) is 0. The number of unbranched alkanes of at least 4 members (excludes halogenated alkanes) is 6. The largest absolute Gasteiger partial charge is 0.347 e. The van der Waals surface area contributed by atoms with Gasteiger partial charge < -0.3 is 5.32 Å². The van der Waals surface area contributed by atoms with Crippen molar-refractivity contribution in [2.45, 2.75) is 58.3 Å². The first kappa shape index (κ1) is 22.5. The third kappa shape index (κ3) is 9.78. The molecule has 26 heavy (non-hydrogen) atoms. The third-order valence-corrected chi connectivity index (χ3v) is 4.66. The van der Waals surface area contributed by atoms with Crippen LogP contribution in [0.3, 0.4) is 0 Å². The van der Waals surface area contributed by atoms with Crippen molar-refractivity contribution in [3.63, 3.8) is 0 Å². The molecule has 0 saturated carbocycles. The first-order chi connectivity index (χ1) is 12.5. The van der Waals surface area contributed by atoms with Crippen LogP contribution < -0.4 is 10.7 Å². The van der Waals surface area contributed by atoms with Crippen LogP contribution in [0, 0.1) is 0 Å². The van der Waals surface area contributed by atoms with Gasteiger partial charge in [0.05, 0.1) is 22.8 Å². The van der Waals surface area contributed by atoms with Gasteiger partial charge in [0.25, 0.3) is 5.91 Å². The lowest BCUT2D eigenvalue weighted by atomic mass is 10.1. The number of hydrazone groups is 1. The Morgan fingerprint density at radius 2 is 1.73 bits per heavy atom. The van der Waals surface area contributed by atoms with Gasteiger partial charge in [0.1, 0.15) is 0 Å². The molecule has 0 bridgehead atoms. The van der Waals surface area contributed by atoms with Gasteiger partial charge in [0.15, 0.2) is 0 Å². The second-order valence-electron chi connectivity index (χ2n) is 6.08. The van der Waals surface area contributed by atoms with Crippen LogP contribution in [0.15, 0.2) is 23.3 Å². The Hall–Kier alpha value is -1.59. The first-order valence-corrected chi connectivity index (χ1v) is 9.82. The average Bonchev–Trinajstić information content (AvgIpc) is 2.62.